The Morgan fingerprint density at radius 1 is 1.55 bits per heavy atom. The van der Waals surface area contributed by atoms with Gasteiger partial charge in [0.25, 0.3) is 5.91 Å². The molecule has 2 heterocycles. The molecule has 0 aromatic carbocycles. The molecule has 0 unspecified atom stereocenters. The molecule has 2 aromatic heterocycles. The number of hydrogen-bond donors (Lipinski definition) is 0. The van der Waals surface area contributed by atoms with Gasteiger partial charge >= 0.3 is 0 Å². The summed E-state index contributed by atoms with van der Waals surface area (Å²) in [5.74, 6) is -0.0386. The molecular formula is C14H12IN3OS. The first-order valence-corrected chi connectivity index (χ1v) is 7.95. The Morgan fingerprint density at radius 2 is 2.40 bits per heavy atom. The van der Waals surface area contributed by atoms with Crippen LogP contribution in [0, 0.1) is 14.2 Å². The Hall–Kier alpha value is -1.46. The second-order valence-electron chi connectivity index (χ2n) is 4.14. The minimum Gasteiger partial charge on any atom is -0.333 e. The third-order valence-electron chi connectivity index (χ3n) is 2.69. The lowest BCUT2D eigenvalue weighted by molar-refractivity contribution is 0.0747. The molecule has 0 N–H and O–H groups in total. The molecule has 0 atom stereocenters. The fourth-order valence-corrected chi connectivity index (χ4v) is 3.07. The van der Waals surface area contributed by atoms with Crippen LogP contribution in [0.5, 0.6) is 0 Å². The molecule has 0 bridgehead atoms. The van der Waals surface area contributed by atoms with Crippen molar-refractivity contribution in [1.82, 2.24) is 9.88 Å². The average molecular weight is 397 g/mol. The van der Waals surface area contributed by atoms with E-state index < -0.39 is 0 Å². The van der Waals surface area contributed by atoms with Crippen LogP contribution in [0.4, 0.5) is 0 Å². The zero-order valence-electron chi connectivity index (χ0n) is 10.6. The van der Waals surface area contributed by atoms with E-state index >= 15 is 0 Å². The van der Waals surface area contributed by atoms with Crippen molar-refractivity contribution >= 4 is 39.8 Å². The number of carbonyl (C=O) groups is 1. The van der Waals surface area contributed by atoms with Crippen molar-refractivity contribution < 1.29 is 4.79 Å². The SMILES string of the molecule is N#CCCN(Cc1cccnc1)C(=O)c1csc(I)c1. The van der Waals surface area contributed by atoms with Crippen molar-refractivity contribution in [3.05, 3.63) is 50.0 Å². The molecule has 0 spiro atoms. The van der Waals surface area contributed by atoms with Gasteiger partial charge in [0.1, 0.15) is 0 Å². The van der Waals surface area contributed by atoms with Crippen LogP contribution in [0.15, 0.2) is 36.0 Å². The van der Waals surface area contributed by atoms with Crippen molar-refractivity contribution in [2.75, 3.05) is 6.54 Å². The molecule has 1 amide bonds. The fourth-order valence-electron chi connectivity index (χ4n) is 1.75. The van der Waals surface area contributed by atoms with Crippen molar-refractivity contribution in [3.8, 4) is 6.07 Å². The number of aromatic nitrogens is 1. The maximum absolute atomic E-state index is 12.5. The Labute approximate surface area is 135 Å². The summed E-state index contributed by atoms with van der Waals surface area (Å²) in [6, 6.07) is 7.73. The Morgan fingerprint density at radius 3 is 3.00 bits per heavy atom. The second-order valence-corrected chi connectivity index (χ2v) is 6.94. The summed E-state index contributed by atoms with van der Waals surface area (Å²) >= 11 is 3.74. The van der Waals surface area contributed by atoms with Gasteiger partial charge in [-0.2, -0.15) is 5.26 Å². The molecule has 0 saturated heterocycles. The largest absolute Gasteiger partial charge is 0.333 e. The van der Waals surface area contributed by atoms with Crippen LogP contribution in [-0.4, -0.2) is 22.3 Å². The van der Waals surface area contributed by atoms with Gasteiger partial charge in [0, 0.05) is 30.9 Å². The molecule has 0 aliphatic carbocycles. The smallest absolute Gasteiger partial charge is 0.255 e. The highest BCUT2D eigenvalue weighted by atomic mass is 127. The van der Waals surface area contributed by atoms with Gasteiger partial charge in [-0.1, -0.05) is 6.07 Å². The summed E-state index contributed by atoms with van der Waals surface area (Å²) in [7, 11) is 0. The van der Waals surface area contributed by atoms with Crippen LogP contribution in [0.25, 0.3) is 0 Å². The summed E-state index contributed by atoms with van der Waals surface area (Å²) in [5.41, 5.74) is 1.64. The van der Waals surface area contributed by atoms with E-state index in [4.69, 9.17) is 5.26 Å². The van der Waals surface area contributed by atoms with E-state index in [1.54, 1.807) is 28.6 Å². The van der Waals surface area contributed by atoms with Crippen LogP contribution in [0.2, 0.25) is 0 Å². The molecule has 0 aliphatic rings. The predicted octanol–water partition coefficient (Wildman–Crippen LogP) is 3.30. The number of thiophene rings is 1. The summed E-state index contributed by atoms with van der Waals surface area (Å²) in [5, 5.41) is 10.6. The fraction of sp³-hybridized carbons (Fsp3) is 0.214. The normalized spacial score (nSPS) is 10.0. The maximum atomic E-state index is 12.5. The van der Waals surface area contributed by atoms with Gasteiger partial charge in [-0.15, -0.1) is 11.3 Å². The van der Waals surface area contributed by atoms with Crippen molar-refractivity contribution in [2.24, 2.45) is 0 Å². The summed E-state index contributed by atoms with van der Waals surface area (Å²) in [6.45, 7) is 0.900. The molecule has 0 fully saturated rings. The number of rotatable bonds is 5. The molecule has 6 heteroatoms. The Kier molecular flexibility index (Phi) is 5.49. The summed E-state index contributed by atoms with van der Waals surface area (Å²) in [4.78, 5) is 18.2. The van der Waals surface area contributed by atoms with E-state index in [-0.39, 0.29) is 5.91 Å². The van der Waals surface area contributed by atoms with Crippen LogP contribution < -0.4 is 0 Å². The monoisotopic (exact) mass is 397 g/mol. The van der Waals surface area contributed by atoms with Gasteiger partial charge < -0.3 is 4.90 Å². The number of pyridine rings is 1. The summed E-state index contributed by atoms with van der Waals surface area (Å²) < 4.78 is 1.08. The van der Waals surface area contributed by atoms with Gasteiger partial charge in [0.15, 0.2) is 0 Å². The molecule has 0 aliphatic heterocycles. The topological polar surface area (TPSA) is 57.0 Å². The zero-order valence-corrected chi connectivity index (χ0v) is 13.6. The van der Waals surface area contributed by atoms with E-state index in [9.17, 15) is 4.79 Å². The number of nitriles is 1. The lowest BCUT2D eigenvalue weighted by atomic mass is 10.2. The minimum absolute atomic E-state index is 0.0386. The third-order valence-corrected chi connectivity index (χ3v) is 4.48. The van der Waals surface area contributed by atoms with Crippen molar-refractivity contribution in [1.29, 1.82) is 5.26 Å². The molecular weight excluding hydrogens is 385 g/mol. The number of carbonyl (C=O) groups excluding carboxylic acids is 1. The van der Waals surface area contributed by atoms with E-state index in [1.165, 1.54) is 0 Å². The number of hydrogen-bond acceptors (Lipinski definition) is 4. The lowest BCUT2D eigenvalue weighted by Crippen LogP contribution is -2.31. The highest BCUT2D eigenvalue weighted by Gasteiger charge is 2.17. The van der Waals surface area contributed by atoms with Crippen LogP contribution >= 0.6 is 33.9 Å². The first-order valence-electron chi connectivity index (χ1n) is 6.00. The highest BCUT2D eigenvalue weighted by molar-refractivity contribution is 14.1. The van der Waals surface area contributed by atoms with Gasteiger partial charge in [0.2, 0.25) is 0 Å². The zero-order chi connectivity index (χ0) is 14.4. The maximum Gasteiger partial charge on any atom is 0.255 e. The highest BCUT2D eigenvalue weighted by Crippen LogP contribution is 2.19. The number of amides is 1. The number of nitrogens with zero attached hydrogens (tertiary/aromatic N) is 3. The third kappa shape index (κ3) is 4.02. The molecule has 2 aromatic rings. The first-order chi connectivity index (χ1) is 9.70. The second kappa shape index (κ2) is 7.36. The van der Waals surface area contributed by atoms with Crippen LogP contribution in [-0.2, 0) is 6.54 Å². The Balaban J connectivity index is 2.15. The van der Waals surface area contributed by atoms with Gasteiger partial charge in [0.05, 0.1) is 20.9 Å². The van der Waals surface area contributed by atoms with Gasteiger partial charge in [-0.3, -0.25) is 9.78 Å². The van der Waals surface area contributed by atoms with E-state index in [1.807, 2.05) is 23.6 Å². The van der Waals surface area contributed by atoms with Gasteiger partial charge in [-0.05, 0) is 40.3 Å². The lowest BCUT2D eigenvalue weighted by Gasteiger charge is -2.21. The summed E-state index contributed by atoms with van der Waals surface area (Å²) in [6.07, 6.45) is 3.77. The quantitative estimate of drug-likeness (QED) is 0.728. The van der Waals surface area contributed by atoms with E-state index in [0.717, 1.165) is 8.45 Å². The number of halogens is 1. The Bertz CT molecular complexity index is 621. The molecule has 20 heavy (non-hydrogen) atoms. The van der Waals surface area contributed by atoms with Crippen LogP contribution in [0.1, 0.15) is 22.3 Å². The molecule has 0 radical (unpaired) electrons. The molecule has 102 valence electrons. The standard InChI is InChI=1S/C14H12IN3OS/c15-13-7-12(10-20-13)14(19)18(6-2-4-16)9-11-3-1-5-17-8-11/h1,3,5,7-8,10H,2,6,9H2. The predicted molar refractivity (Wildman–Crippen MR) is 86.2 cm³/mol. The van der Waals surface area contributed by atoms with Crippen molar-refractivity contribution in [2.45, 2.75) is 13.0 Å². The van der Waals surface area contributed by atoms with Crippen molar-refractivity contribution in [3.63, 3.8) is 0 Å². The van der Waals surface area contributed by atoms with E-state index in [0.29, 0.717) is 25.1 Å². The average Bonchev–Trinajstić information content (AvgIpc) is 2.90. The minimum atomic E-state index is -0.0386. The van der Waals surface area contributed by atoms with E-state index in [2.05, 4.69) is 33.6 Å². The molecule has 4 nitrogen and oxygen atoms in total. The molecule has 2 rings (SSSR count). The van der Waals surface area contributed by atoms with Gasteiger partial charge in [-0.25, -0.2) is 0 Å². The first kappa shape index (κ1) is 14.9. The molecule has 0 saturated carbocycles. The van der Waals surface area contributed by atoms with Crippen LogP contribution in [0.3, 0.4) is 0 Å².